The van der Waals surface area contributed by atoms with E-state index in [-0.39, 0.29) is 17.9 Å². The van der Waals surface area contributed by atoms with E-state index >= 15 is 0 Å². The molecule has 0 bridgehead atoms. The average molecular weight is 309 g/mol. The van der Waals surface area contributed by atoms with Crippen LogP contribution >= 0.6 is 11.6 Å². The number of carbonyl (C=O) groups is 2. The van der Waals surface area contributed by atoms with Crippen molar-refractivity contribution < 1.29 is 9.59 Å². The molecule has 1 heterocycles. The third-order valence-electron chi connectivity index (χ3n) is 3.57. The van der Waals surface area contributed by atoms with E-state index in [4.69, 9.17) is 11.6 Å². The summed E-state index contributed by atoms with van der Waals surface area (Å²) in [4.78, 5) is 26.5. The van der Waals surface area contributed by atoms with Crippen LogP contribution in [0.1, 0.15) is 33.6 Å². The first-order valence-electron chi connectivity index (χ1n) is 7.16. The number of anilines is 1. The molecule has 5 heteroatoms. The van der Waals surface area contributed by atoms with Gasteiger partial charge in [-0.15, -0.1) is 0 Å². The number of nitrogens with one attached hydrogen (secondary N) is 1. The van der Waals surface area contributed by atoms with Crippen LogP contribution in [0.15, 0.2) is 24.3 Å². The molecule has 2 rings (SSSR count). The number of likely N-dealkylation sites (tertiary alicyclic amines) is 1. The van der Waals surface area contributed by atoms with Crippen LogP contribution in [-0.2, 0) is 9.59 Å². The molecule has 4 nitrogen and oxygen atoms in total. The van der Waals surface area contributed by atoms with Crippen LogP contribution in [0.4, 0.5) is 5.69 Å². The third-order valence-corrected chi connectivity index (χ3v) is 3.82. The number of amides is 2. The van der Waals surface area contributed by atoms with Gasteiger partial charge in [-0.1, -0.05) is 32.4 Å². The molecule has 1 aliphatic rings. The first-order chi connectivity index (χ1) is 9.79. The van der Waals surface area contributed by atoms with E-state index in [0.29, 0.717) is 23.7 Å². The molecule has 1 aromatic carbocycles. The van der Waals surface area contributed by atoms with Crippen LogP contribution in [0, 0.1) is 5.41 Å². The van der Waals surface area contributed by atoms with Crippen molar-refractivity contribution >= 4 is 29.1 Å². The minimum absolute atomic E-state index is 0.0243. The van der Waals surface area contributed by atoms with Gasteiger partial charge in [0.05, 0.1) is 0 Å². The number of hydrogen-bond donors (Lipinski definition) is 1. The average Bonchev–Trinajstić information content (AvgIpc) is 2.88. The Morgan fingerprint density at radius 1 is 1.24 bits per heavy atom. The lowest BCUT2D eigenvalue weighted by atomic mass is 9.94. The number of hydrogen-bond acceptors (Lipinski definition) is 2. The zero-order valence-corrected chi connectivity index (χ0v) is 13.4. The van der Waals surface area contributed by atoms with Gasteiger partial charge < -0.3 is 10.2 Å². The highest BCUT2D eigenvalue weighted by Crippen LogP contribution is 2.26. The van der Waals surface area contributed by atoms with Gasteiger partial charge in [-0.2, -0.15) is 0 Å². The second kappa shape index (κ2) is 6.06. The molecule has 1 N–H and O–H groups in total. The minimum Gasteiger partial charge on any atom is -0.330 e. The minimum atomic E-state index is -0.469. The normalized spacial score (nSPS) is 18.7. The van der Waals surface area contributed by atoms with Crippen molar-refractivity contribution in [3.05, 3.63) is 29.3 Å². The largest absolute Gasteiger partial charge is 0.330 e. The summed E-state index contributed by atoms with van der Waals surface area (Å²) in [6.45, 7) is 6.28. The van der Waals surface area contributed by atoms with Crippen molar-refractivity contribution in [2.45, 2.75) is 39.7 Å². The standard InChI is InChI=1S/C16H21ClN2O2/c1-16(2,3)15(21)19-10-4-5-13(19)14(20)18-12-8-6-11(17)7-9-12/h6-9,13H,4-5,10H2,1-3H3,(H,18,20)/t13-/m0/s1. The van der Waals surface area contributed by atoms with Gasteiger partial charge in [0.25, 0.3) is 0 Å². The predicted octanol–water partition coefficient (Wildman–Crippen LogP) is 3.32. The fraction of sp³-hybridized carbons (Fsp3) is 0.500. The number of benzene rings is 1. The molecule has 0 unspecified atom stereocenters. The zero-order chi connectivity index (χ0) is 15.6. The van der Waals surface area contributed by atoms with Gasteiger partial charge in [0, 0.05) is 22.7 Å². The smallest absolute Gasteiger partial charge is 0.247 e. The lowest BCUT2D eigenvalue weighted by Gasteiger charge is -2.30. The lowest BCUT2D eigenvalue weighted by Crippen LogP contribution is -2.47. The summed E-state index contributed by atoms with van der Waals surface area (Å²) in [7, 11) is 0. The Kier molecular flexibility index (Phi) is 4.57. The molecular weight excluding hydrogens is 288 g/mol. The Bertz CT molecular complexity index is 534. The molecule has 0 aliphatic carbocycles. The van der Waals surface area contributed by atoms with Crippen molar-refractivity contribution in [2.24, 2.45) is 5.41 Å². The quantitative estimate of drug-likeness (QED) is 0.911. The topological polar surface area (TPSA) is 49.4 Å². The Balaban J connectivity index is 2.07. The highest BCUT2D eigenvalue weighted by Gasteiger charge is 2.38. The molecule has 1 aromatic rings. The SMILES string of the molecule is CC(C)(C)C(=O)N1CCC[C@H]1C(=O)Nc1ccc(Cl)cc1. The summed E-state index contributed by atoms with van der Waals surface area (Å²) in [6, 6.07) is 6.58. The van der Waals surface area contributed by atoms with Crippen molar-refractivity contribution in [2.75, 3.05) is 11.9 Å². The molecule has 0 radical (unpaired) electrons. The van der Waals surface area contributed by atoms with E-state index in [1.165, 1.54) is 0 Å². The molecule has 0 aromatic heterocycles. The molecular formula is C16H21ClN2O2. The van der Waals surface area contributed by atoms with Crippen molar-refractivity contribution in [3.8, 4) is 0 Å². The van der Waals surface area contributed by atoms with E-state index in [1.807, 2.05) is 20.8 Å². The predicted molar refractivity (Wildman–Crippen MR) is 84.3 cm³/mol. The Hall–Kier alpha value is -1.55. The van der Waals surface area contributed by atoms with Crippen molar-refractivity contribution in [3.63, 3.8) is 0 Å². The second-order valence-electron chi connectivity index (χ2n) is 6.40. The van der Waals surface area contributed by atoms with Crippen LogP contribution in [-0.4, -0.2) is 29.3 Å². The molecule has 114 valence electrons. The van der Waals surface area contributed by atoms with E-state index in [0.717, 1.165) is 6.42 Å². The van der Waals surface area contributed by atoms with Gasteiger partial charge in [0.2, 0.25) is 11.8 Å². The fourth-order valence-corrected chi connectivity index (χ4v) is 2.60. The maximum Gasteiger partial charge on any atom is 0.247 e. The van der Waals surface area contributed by atoms with Crippen LogP contribution in [0.25, 0.3) is 0 Å². The van der Waals surface area contributed by atoms with Crippen LogP contribution in [0.3, 0.4) is 0 Å². The van der Waals surface area contributed by atoms with Gasteiger partial charge >= 0.3 is 0 Å². The van der Waals surface area contributed by atoms with Gasteiger partial charge in [0.15, 0.2) is 0 Å². The monoisotopic (exact) mass is 308 g/mol. The molecule has 2 amide bonds. The van der Waals surface area contributed by atoms with E-state index in [9.17, 15) is 9.59 Å². The first-order valence-corrected chi connectivity index (χ1v) is 7.54. The first kappa shape index (κ1) is 15.8. The van der Waals surface area contributed by atoms with E-state index < -0.39 is 5.41 Å². The number of halogens is 1. The summed E-state index contributed by atoms with van der Waals surface area (Å²) >= 11 is 5.82. The van der Waals surface area contributed by atoms with E-state index in [2.05, 4.69) is 5.32 Å². The zero-order valence-electron chi connectivity index (χ0n) is 12.6. The molecule has 1 saturated heterocycles. The molecule has 21 heavy (non-hydrogen) atoms. The summed E-state index contributed by atoms with van der Waals surface area (Å²) in [5.41, 5.74) is 0.225. The van der Waals surface area contributed by atoms with Crippen LogP contribution in [0.2, 0.25) is 5.02 Å². The number of nitrogens with zero attached hydrogens (tertiary/aromatic N) is 1. The van der Waals surface area contributed by atoms with Crippen LogP contribution < -0.4 is 5.32 Å². The molecule has 1 fully saturated rings. The van der Waals surface area contributed by atoms with Crippen molar-refractivity contribution in [1.82, 2.24) is 4.90 Å². The van der Waals surface area contributed by atoms with Crippen molar-refractivity contribution in [1.29, 1.82) is 0 Å². The highest BCUT2D eigenvalue weighted by molar-refractivity contribution is 6.30. The number of carbonyl (C=O) groups excluding carboxylic acids is 2. The molecule has 1 atom stereocenters. The summed E-state index contributed by atoms with van der Waals surface area (Å²) in [5.74, 6) is -0.108. The highest BCUT2D eigenvalue weighted by atomic mass is 35.5. The Morgan fingerprint density at radius 2 is 1.86 bits per heavy atom. The Labute approximate surface area is 130 Å². The fourth-order valence-electron chi connectivity index (χ4n) is 2.47. The molecule has 0 saturated carbocycles. The van der Waals surface area contributed by atoms with Gasteiger partial charge in [-0.25, -0.2) is 0 Å². The lowest BCUT2D eigenvalue weighted by molar-refractivity contribution is -0.143. The maximum atomic E-state index is 12.4. The third kappa shape index (κ3) is 3.76. The number of rotatable bonds is 2. The second-order valence-corrected chi connectivity index (χ2v) is 6.84. The van der Waals surface area contributed by atoms with Gasteiger partial charge in [-0.3, -0.25) is 9.59 Å². The van der Waals surface area contributed by atoms with Crippen LogP contribution in [0.5, 0.6) is 0 Å². The summed E-state index contributed by atoms with van der Waals surface area (Å²) in [6.07, 6.45) is 1.57. The molecule has 1 aliphatic heterocycles. The van der Waals surface area contributed by atoms with Gasteiger partial charge in [0.1, 0.15) is 6.04 Å². The van der Waals surface area contributed by atoms with E-state index in [1.54, 1.807) is 29.2 Å². The summed E-state index contributed by atoms with van der Waals surface area (Å²) in [5, 5.41) is 3.48. The summed E-state index contributed by atoms with van der Waals surface area (Å²) < 4.78 is 0. The molecule has 0 spiro atoms. The maximum absolute atomic E-state index is 12.4. The Morgan fingerprint density at radius 3 is 2.43 bits per heavy atom. The van der Waals surface area contributed by atoms with Gasteiger partial charge in [-0.05, 0) is 37.1 Å².